The van der Waals surface area contributed by atoms with E-state index in [9.17, 15) is 8.78 Å². The van der Waals surface area contributed by atoms with Gasteiger partial charge in [-0.25, -0.2) is 9.37 Å². The van der Waals surface area contributed by atoms with Crippen LogP contribution in [-0.4, -0.2) is 36.1 Å². The van der Waals surface area contributed by atoms with Crippen molar-refractivity contribution < 1.29 is 13.5 Å². The molecule has 1 fully saturated rings. The Morgan fingerprint density at radius 1 is 1.25 bits per heavy atom. The Bertz CT molecular complexity index is 772. The Hall–Kier alpha value is -2.79. The number of rotatable bonds is 4. The molecule has 1 aromatic heterocycles. The van der Waals surface area contributed by atoms with Crippen LogP contribution in [0.4, 0.5) is 14.6 Å². The first-order valence-electron chi connectivity index (χ1n) is 7.46. The third-order valence-corrected chi connectivity index (χ3v) is 3.70. The van der Waals surface area contributed by atoms with Crippen molar-refractivity contribution in [3.63, 3.8) is 0 Å². The van der Waals surface area contributed by atoms with Gasteiger partial charge in [0.1, 0.15) is 18.8 Å². The number of piperazine rings is 1. The van der Waals surface area contributed by atoms with Crippen LogP contribution in [-0.2, 0) is 6.61 Å². The number of benzene rings is 1. The maximum absolute atomic E-state index is 14.5. The van der Waals surface area contributed by atoms with Gasteiger partial charge in [0, 0.05) is 31.7 Å². The van der Waals surface area contributed by atoms with Crippen LogP contribution in [0, 0.1) is 23.0 Å². The first kappa shape index (κ1) is 16.1. The zero-order chi connectivity index (χ0) is 16.9. The normalized spacial score (nSPS) is 14.3. The molecule has 0 spiro atoms. The Kier molecular flexibility index (Phi) is 4.82. The molecule has 24 heavy (non-hydrogen) atoms. The van der Waals surface area contributed by atoms with Crippen LogP contribution in [0.5, 0.6) is 5.88 Å². The number of hydrogen-bond acceptors (Lipinski definition) is 6. The third kappa shape index (κ3) is 3.41. The van der Waals surface area contributed by atoms with E-state index in [1.807, 2.05) is 11.0 Å². The second-order valence-electron chi connectivity index (χ2n) is 5.26. The molecular formula is C16H15F2N5O. The molecule has 2 heterocycles. The highest BCUT2D eigenvalue weighted by molar-refractivity contribution is 5.43. The minimum atomic E-state index is -0.659. The fourth-order valence-electron chi connectivity index (χ4n) is 2.42. The van der Waals surface area contributed by atoms with Crippen LogP contribution in [0.25, 0.3) is 0 Å². The smallest absolute Gasteiger partial charge is 0.256 e. The summed E-state index contributed by atoms with van der Waals surface area (Å²) in [6, 6.07) is 5.87. The molecule has 3 rings (SSSR count). The van der Waals surface area contributed by atoms with Gasteiger partial charge in [0.25, 0.3) is 5.88 Å². The maximum Gasteiger partial charge on any atom is 0.256 e. The number of nitrogens with zero attached hydrogens (tertiary/aromatic N) is 4. The van der Waals surface area contributed by atoms with Gasteiger partial charge < -0.3 is 15.0 Å². The molecule has 124 valence electrons. The van der Waals surface area contributed by atoms with E-state index in [1.54, 1.807) is 0 Å². The van der Waals surface area contributed by atoms with Gasteiger partial charge in [0.15, 0.2) is 5.82 Å². The molecule has 0 saturated carbocycles. The summed E-state index contributed by atoms with van der Waals surface area (Å²) in [7, 11) is 0. The average Bonchev–Trinajstić information content (AvgIpc) is 2.62. The molecule has 0 amide bonds. The van der Waals surface area contributed by atoms with Gasteiger partial charge in [-0.15, -0.1) is 0 Å². The summed E-state index contributed by atoms with van der Waals surface area (Å²) >= 11 is 0. The molecule has 0 atom stereocenters. The molecule has 1 aliphatic heterocycles. The quantitative estimate of drug-likeness (QED) is 0.918. The molecular weight excluding hydrogens is 316 g/mol. The summed E-state index contributed by atoms with van der Waals surface area (Å²) in [5, 5.41) is 11.9. The Morgan fingerprint density at radius 2 is 2.04 bits per heavy atom. The van der Waals surface area contributed by atoms with Gasteiger partial charge in [0.05, 0.1) is 11.6 Å². The van der Waals surface area contributed by atoms with Crippen LogP contribution in [0.15, 0.2) is 24.5 Å². The molecule has 0 aliphatic carbocycles. The van der Waals surface area contributed by atoms with E-state index >= 15 is 0 Å². The minimum Gasteiger partial charge on any atom is -0.470 e. The van der Waals surface area contributed by atoms with Crippen molar-refractivity contribution >= 4 is 5.82 Å². The molecule has 2 aromatic rings. The van der Waals surface area contributed by atoms with Gasteiger partial charge in [-0.1, -0.05) is 6.07 Å². The standard InChI is InChI=1S/C16H15F2N5O/c17-13-7-11(8-19)1-2-12(13)9-24-16-14(18)15(21-10-22-16)23-5-3-20-4-6-23/h1-2,7,10,20H,3-6,9H2. The van der Waals surface area contributed by atoms with Crippen molar-refractivity contribution in [1.29, 1.82) is 5.26 Å². The lowest BCUT2D eigenvalue weighted by Crippen LogP contribution is -2.44. The Morgan fingerprint density at radius 3 is 2.75 bits per heavy atom. The lowest BCUT2D eigenvalue weighted by atomic mass is 10.1. The van der Waals surface area contributed by atoms with Crippen LogP contribution in [0.3, 0.4) is 0 Å². The van der Waals surface area contributed by atoms with E-state index in [-0.39, 0.29) is 29.4 Å². The monoisotopic (exact) mass is 331 g/mol. The number of nitrogens with one attached hydrogen (secondary N) is 1. The molecule has 1 N–H and O–H groups in total. The third-order valence-electron chi connectivity index (χ3n) is 3.70. The van der Waals surface area contributed by atoms with Crippen LogP contribution in [0.1, 0.15) is 11.1 Å². The lowest BCUT2D eigenvalue weighted by molar-refractivity contribution is 0.271. The SMILES string of the molecule is N#Cc1ccc(COc2ncnc(N3CCNCC3)c2F)c(F)c1. The topological polar surface area (TPSA) is 74.1 Å². The van der Waals surface area contributed by atoms with Crippen molar-refractivity contribution in [1.82, 2.24) is 15.3 Å². The Labute approximate surface area is 137 Å². The lowest BCUT2D eigenvalue weighted by Gasteiger charge is -2.28. The minimum absolute atomic E-state index is 0.182. The van der Waals surface area contributed by atoms with E-state index in [4.69, 9.17) is 10.00 Å². The number of aromatic nitrogens is 2. The van der Waals surface area contributed by atoms with Gasteiger partial charge >= 0.3 is 0 Å². The predicted molar refractivity (Wildman–Crippen MR) is 82.5 cm³/mol. The largest absolute Gasteiger partial charge is 0.470 e. The summed E-state index contributed by atoms with van der Waals surface area (Å²) in [6.07, 6.45) is 1.23. The predicted octanol–water partition coefficient (Wildman–Crippen LogP) is 1.62. The van der Waals surface area contributed by atoms with Crippen molar-refractivity contribution in [2.75, 3.05) is 31.1 Å². The van der Waals surface area contributed by atoms with Gasteiger partial charge in [0.2, 0.25) is 5.82 Å². The summed E-state index contributed by atoms with van der Waals surface area (Å²) in [5.41, 5.74) is 0.432. The molecule has 0 radical (unpaired) electrons. The highest BCUT2D eigenvalue weighted by atomic mass is 19.1. The van der Waals surface area contributed by atoms with Gasteiger partial charge in [-0.3, -0.25) is 0 Å². The van der Waals surface area contributed by atoms with Crippen LogP contribution < -0.4 is 15.0 Å². The number of hydrogen-bond donors (Lipinski definition) is 1. The van der Waals surface area contributed by atoms with E-state index in [0.29, 0.717) is 13.1 Å². The van der Waals surface area contributed by atoms with E-state index in [0.717, 1.165) is 19.2 Å². The summed E-state index contributed by atoms with van der Waals surface area (Å²) < 4.78 is 33.7. The second kappa shape index (κ2) is 7.19. The summed E-state index contributed by atoms with van der Waals surface area (Å²) in [6.45, 7) is 2.58. The summed E-state index contributed by atoms with van der Waals surface area (Å²) in [4.78, 5) is 9.57. The number of anilines is 1. The van der Waals surface area contributed by atoms with E-state index in [2.05, 4.69) is 15.3 Å². The average molecular weight is 331 g/mol. The Balaban J connectivity index is 1.75. The first-order chi connectivity index (χ1) is 11.7. The van der Waals surface area contributed by atoms with Gasteiger partial charge in [-0.2, -0.15) is 14.6 Å². The first-order valence-corrected chi connectivity index (χ1v) is 7.46. The molecule has 8 heteroatoms. The van der Waals surface area contributed by atoms with Crippen molar-refractivity contribution in [3.8, 4) is 11.9 Å². The van der Waals surface area contributed by atoms with E-state index in [1.165, 1.54) is 18.5 Å². The maximum atomic E-state index is 14.5. The molecule has 1 aliphatic rings. The molecule has 6 nitrogen and oxygen atoms in total. The van der Waals surface area contributed by atoms with Crippen molar-refractivity contribution in [3.05, 3.63) is 47.3 Å². The van der Waals surface area contributed by atoms with Crippen molar-refractivity contribution in [2.24, 2.45) is 0 Å². The van der Waals surface area contributed by atoms with Gasteiger partial charge in [-0.05, 0) is 12.1 Å². The summed E-state index contributed by atoms with van der Waals surface area (Å²) in [5.74, 6) is -1.27. The number of halogens is 2. The molecule has 1 aromatic carbocycles. The fourth-order valence-corrected chi connectivity index (χ4v) is 2.42. The molecule has 0 unspecified atom stereocenters. The molecule has 0 bridgehead atoms. The highest BCUT2D eigenvalue weighted by Gasteiger charge is 2.20. The zero-order valence-electron chi connectivity index (χ0n) is 12.8. The number of ether oxygens (including phenoxy) is 1. The van der Waals surface area contributed by atoms with Crippen LogP contribution in [0.2, 0.25) is 0 Å². The highest BCUT2D eigenvalue weighted by Crippen LogP contribution is 2.24. The second-order valence-corrected chi connectivity index (χ2v) is 5.26. The van der Waals surface area contributed by atoms with Crippen molar-refractivity contribution in [2.45, 2.75) is 6.61 Å². The number of nitriles is 1. The zero-order valence-corrected chi connectivity index (χ0v) is 12.8. The fraction of sp³-hybridized carbons (Fsp3) is 0.312. The van der Waals surface area contributed by atoms with E-state index < -0.39 is 11.6 Å². The molecule has 1 saturated heterocycles. The van der Waals surface area contributed by atoms with Crippen LogP contribution >= 0.6 is 0 Å².